The summed E-state index contributed by atoms with van der Waals surface area (Å²) in [6.45, 7) is 5.77. The van der Waals surface area contributed by atoms with Gasteiger partial charge in [-0.2, -0.15) is 5.10 Å². The van der Waals surface area contributed by atoms with Crippen molar-refractivity contribution in [3.05, 3.63) is 11.9 Å². The lowest BCUT2D eigenvalue weighted by atomic mass is 10.1. The first-order chi connectivity index (χ1) is 6.72. The summed E-state index contributed by atoms with van der Waals surface area (Å²) >= 11 is 0. The number of nitrogens with zero attached hydrogens (tertiary/aromatic N) is 2. The van der Waals surface area contributed by atoms with Crippen LogP contribution in [0.15, 0.2) is 6.20 Å². The smallest absolute Gasteiger partial charge is 0.159 e. The molecule has 4 nitrogen and oxygen atoms in total. The second-order valence-corrected chi connectivity index (χ2v) is 3.52. The zero-order chi connectivity index (χ0) is 10.6. The standard InChI is InChI=1S/C10H19N3O/c1-4-13-9(5-8(2)6-11)10(14-3)7-12-13/h7-8H,4-6,11H2,1-3H3. The molecule has 0 saturated heterocycles. The summed E-state index contributed by atoms with van der Waals surface area (Å²) in [7, 11) is 1.67. The van der Waals surface area contributed by atoms with Gasteiger partial charge >= 0.3 is 0 Å². The third-order valence-corrected chi connectivity index (χ3v) is 2.37. The van der Waals surface area contributed by atoms with Crippen LogP contribution < -0.4 is 10.5 Å². The molecule has 1 aromatic heterocycles. The number of ether oxygens (including phenoxy) is 1. The molecule has 0 aliphatic heterocycles. The van der Waals surface area contributed by atoms with E-state index in [0.29, 0.717) is 12.5 Å². The van der Waals surface area contributed by atoms with E-state index in [9.17, 15) is 0 Å². The van der Waals surface area contributed by atoms with Crippen molar-refractivity contribution in [1.82, 2.24) is 9.78 Å². The van der Waals surface area contributed by atoms with E-state index in [0.717, 1.165) is 24.4 Å². The van der Waals surface area contributed by atoms with Crippen LogP contribution in [0.25, 0.3) is 0 Å². The van der Waals surface area contributed by atoms with Crippen molar-refractivity contribution in [2.45, 2.75) is 26.8 Å². The molecule has 14 heavy (non-hydrogen) atoms. The molecule has 0 spiro atoms. The number of aryl methyl sites for hydroxylation is 1. The quantitative estimate of drug-likeness (QED) is 0.767. The highest BCUT2D eigenvalue weighted by atomic mass is 16.5. The third kappa shape index (κ3) is 2.26. The van der Waals surface area contributed by atoms with Crippen molar-refractivity contribution in [1.29, 1.82) is 0 Å². The van der Waals surface area contributed by atoms with Crippen molar-refractivity contribution in [2.24, 2.45) is 11.7 Å². The van der Waals surface area contributed by atoms with E-state index in [1.165, 1.54) is 0 Å². The molecule has 80 valence electrons. The zero-order valence-electron chi connectivity index (χ0n) is 9.16. The summed E-state index contributed by atoms with van der Waals surface area (Å²) in [5.41, 5.74) is 6.75. The molecule has 0 bridgehead atoms. The molecule has 1 unspecified atom stereocenters. The monoisotopic (exact) mass is 197 g/mol. The number of hydrogen-bond acceptors (Lipinski definition) is 3. The SMILES string of the molecule is CCn1ncc(OC)c1CC(C)CN. The van der Waals surface area contributed by atoms with Crippen LogP contribution in [-0.4, -0.2) is 23.4 Å². The van der Waals surface area contributed by atoms with E-state index >= 15 is 0 Å². The Kier molecular flexibility index (Phi) is 3.95. The molecular formula is C10H19N3O. The maximum Gasteiger partial charge on any atom is 0.159 e. The Morgan fingerprint density at radius 2 is 2.36 bits per heavy atom. The first kappa shape index (κ1) is 11.0. The molecule has 1 rings (SSSR count). The van der Waals surface area contributed by atoms with Crippen LogP contribution >= 0.6 is 0 Å². The Balaban J connectivity index is 2.85. The summed E-state index contributed by atoms with van der Waals surface area (Å²) in [5.74, 6) is 1.33. The molecule has 1 heterocycles. The number of methoxy groups -OCH3 is 1. The highest BCUT2D eigenvalue weighted by Gasteiger charge is 2.12. The Morgan fingerprint density at radius 3 is 2.86 bits per heavy atom. The minimum absolute atomic E-state index is 0.464. The maximum atomic E-state index is 5.60. The maximum absolute atomic E-state index is 5.60. The fourth-order valence-corrected chi connectivity index (χ4v) is 1.46. The second kappa shape index (κ2) is 5.00. The van der Waals surface area contributed by atoms with Gasteiger partial charge in [0.25, 0.3) is 0 Å². The number of nitrogens with two attached hydrogens (primary N) is 1. The van der Waals surface area contributed by atoms with E-state index < -0.39 is 0 Å². The molecule has 0 radical (unpaired) electrons. The third-order valence-electron chi connectivity index (χ3n) is 2.37. The first-order valence-corrected chi connectivity index (χ1v) is 5.01. The Morgan fingerprint density at radius 1 is 1.64 bits per heavy atom. The molecule has 0 fully saturated rings. The van der Waals surface area contributed by atoms with Gasteiger partial charge in [-0.05, 0) is 25.8 Å². The number of hydrogen-bond donors (Lipinski definition) is 1. The van der Waals surface area contributed by atoms with E-state index in [1.807, 2.05) is 4.68 Å². The predicted octanol–water partition coefficient (Wildman–Crippen LogP) is 1.05. The van der Waals surface area contributed by atoms with E-state index in [4.69, 9.17) is 10.5 Å². The molecule has 1 atom stereocenters. The van der Waals surface area contributed by atoms with Gasteiger partial charge in [0.1, 0.15) is 0 Å². The Hall–Kier alpha value is -1.03. The molecule has 0 saturated carbocycles. The molecule has 0 aromatic carbocycles. The normalized spacial score (nSPS) is 12.9. The Bertz CT molecular complexity index is 261. The Labute approximate surface area is 85.0 Å². The van der Waals surface area contributed by atoms with Crippen molar-refractivity contribution in [2.75, 3.05) is 13.7 Å². The van der Waals surface area contributed by atoms with Gasteiger partial charge in [0, 0.05) is 6.54 Å². The first-order valence-electron chi connectivity index (χ1n) is 5.01. The summed E-state index contributed by atoms with van der Waals surface area (Å²) in [5, 5.41) is 4.24. The summed E-state index contributed by atoms with van der Waals surface area (Å²) in [6.07, 6.45) is 2.69. The van der Waals surface area contributed by atoms with E-state index in [-0.39, 0.29) is 0 Å². The average Bonchev–Trinajstić information content (AvgIpc) is 2.60. The van der Waals surface area contributed by atoms with E-state index in [1.54, 1.807) is 13.3 Å². The van der Waals surface area contributed by atoms with Crippen molar-refractivity contribution >= 4 is 0 Å². The molecule has 0 aliphatic carbocycles. The minimum atomic E-state index is 0.464. The molecule has 0 amide bonds. The van der Waals surface area contributed by atoms with Gasteiger partial charge in [-0.25, -0.2) is 0 Å². The van der Waals surface area contributed by atoms with Crippen molar-refractivity contribution in [3.8, 4) is 5.75 Å². The number of aromatic nitrogens is 2. The van der Waals surface area contributed by atoms with E-state index in [2.05, 4.69) is 18.9 Å². The molecule has 2 N–H and O–H groups in total. The van der Waals surface area contributed by atoms with Crippen molar-refractivity contribution < 1.29 is 4.74 Å². The van der Waals surface area contributed by atoms with Gasteiger partial charge in [0.2, 0.25) is 0 Å². The van der Waals surface area contributed by atoms with Gasteiger partial charge in [-0.3, -0.25) is 4.68 Å². The topological polar surface area (TPSA) is 53.1 Å². The largest absolute Gasteiger partial charge is 0.493 e. The lowest BCUT2D eigenvalue weighted by Crippen LogP contribution is -2.16. The van der Waals surface area contributed by atoms with Gasteiger partial charge in [-0.1, -0.05) is 6.92 Å². The fraction of sp³-hybridized carbons (Fsp3) is 0.700. The molecule has 4 heteroatoms. The summed E-state index contributed by atoms with van der Waals surface area (Å²) in [4.78, 5) is 0. The van der Waals surface area contributed by atoms with Gasteiger partial charge < -0.3 is 10.5 Å². The number of rotatable bonds is 5. The van der Waals surface area contributed by atoms with Crippen LogP contribution in [0.3, 0.4) is 0 Å². The lowest BCUT2D eigenvalue weighted by Gasteiger charge is -2.11. The fourth-order valence-electron chi connectivity index (χ4n) is 1.46. The lowest BCUT2D eigenvalue weighted by molar-refractivity contribution is 0.402. The van der Waals surface area contributed by atoms with Crippen molar-refractivity contribution in [3.63, 3.8) is 0 Å². The van der Waals surface area contributed by atoms with Crippen LogP contribution in [0.5, 0.6) is 5.75 Å². The highest BCUT2D eigenvalue weighted by molar-refractivity contribution is 5.25. The summed E-state index contributed by atoms with van der Waals surface area (Å²) < 4.78 is 7.21. The van der Waals surface area contributed by atoms with Crippen LogP contribution in [-0.2, 0) is 13.0 Å². The van der Waals surface area contributed by atoms with Crippen LogP contribution in [0.4, 0.5) is 0 Å². The zero-order valence-corrected chi connectivity index (χ0v) is 9.16. The minimum Gasteiger partial charge on any atom is -0.493 e. The van der Waals surface area contributed by atoms with Gasteiger partial charge in [0.15, 0.2) is 5.75 Å². The second-order valence-electron chi connectivity index (χ2n) is 3.52. The average molecular weight is 197 g/mol. The van der Waals surface area contributed by atoms with Gasteiger partial charge in [0.05, 0.1) is 19.0 Å². The predicted molar refractivity (Wildman–Crippen MR) is 56.4 cm³/mol. The summed E-state index contributed by atoms with van der Waals surface area (Å²) in [6, 6.07) is 0. The van der Waals surface area contributed by atoms with Crippen LogP contribution in [0.2, 0.25) is 0 Å². The van der Waals surface area contributed by atoms with Crippen LogP contribution in [0.1, 0.15) is 19.5 Å². The highest BCUT2D eigenvalue weighted by Crippen LogP contribution is 2.20. The van der Waals surface area contributed by atoms with Crippen LogP contribution in [0, 0.1) is 5.92 Å². The molecule has 0 aliphatic rings. The van der Waals surface area contributed by atoms with Gasteiger partial charge in [-0.15, -0.1) is 0 Å². The molecular weight excluding hydrogens is 178 g/mol. The molecule has 1 aromatic rings.